The summed E-state index contributed by atoms with van der Waals surface area (Å²) in [5, 5.41) is 4.93. The number of aromatic nitrogens is 6. The van der Waals surface area contributed by atoms with Crippen molar-refractivity contribution in [3.63, 3.8) is 0 Å². The highest BCUT2D eigenvalue weighted by atomic mass is 79.9. The largest absolute Gasteiger partial charge is 0.461 e. The minimum Gasteiger partial charge on any atom is -0.461 e. The third-order valence-electron chi connectivity index (χ3n) is 9.93. The van der Waals surface area contributed by atoms with Crippen LogP contribution in [-0.4, -0.2) is 125 Å². The van der Waals surface area contributed by atoms with Gasteiger partial charge in [0.2, 0.25) is 0 Å². The van der Waals surface area contributed by atoms with Crippen LogP contribution in [0.3, 0.4) is 0 Å². The fourth-order valence-corrected chi connectivity index (χ4v) is 8.87. The first kappa shape index (κ1) is 44.1. The molecule has 4 heterocycles. The van der Waals surface area contributed by atoms with Crippen molar-refractivity contribution in [2.45, 2.75) is 88.6 Å². The maximum atomic E-state index is 13.5. The highest BCUT2D eigenvalue weighted by Crippen LogP contribution is 2.45. The van der Waals surface area contributed by atoms with E-state index in [0.29, 0.717) is 77.0 Å². The molecule has 56 heavy (non-hydrogen) atoms. The summed E-state index contributed by atoms with van der Waals surface area (Å²) in [6.45, 7) is 17.2. The van der Waals surface area contributed by atoms with Gasteiger partial charge in [0.15, 0.2) is 22.9 Å². The number of methoxy groups -OCH3 is 2. The molecule has 0 saturated heterocycles. The number of rotatable bonds is 22. The van der Waals surface area contributed by atoms with Crippen LogP contribution in [0.1, 0.15) is 37.3 Å². The number of H-pyrrole nitrogens is 1. The number of carbonyl (C=O) groups is 1. The molecular weight excluding hydrogens is 815 g/mol. The van der Waals surface area contributed by atoms with Gasteiger partial charge in [-0.15, -0.1) is 0 Å². The molecule has 0 aromatic carbocycles. The number of hydrogen-bond donors (Lipinski definition) is 1. The summed E-state index contributed by atoms with van der Waals surface area (Å²) in [6, 6.07) is 6.06. The van der Waals surface area contributed by atoms with Gasteiger partial charge in [0.1, 0.15) is 25.8 Å². The number of ether oxygens (including phenoxy) is 6. The van der Waals surface area contributed by atoms with Crippen LogP contribution in [0.15, 0.2) is 41.4 Å². The number of halogens is 1. The topological polar surface area (TPSA) is 147 Å². The van der Waals surface area contributed by atoms with E-state index in [0.717, 1.165) is 44.9 Å². The van der Waals surface area contributed by atoms with E-state index in [1.165, 1.54) is 0 Å². The Morgan fingerprint density at radius 1 is 0.911 bits per heavy atom. The number of nitrogens with zero attached hydrogens (tertiary/aromatic N) is 6. The minimum atomic E-state index is -1.32. The van der Waals surface area contributed by atoms with Gasteiger partial charge < -0.3 is 38.3 Å². The number of imidazole rings is 1. The Kier molecular flexibility index (Phi) is 15.8. The minimum absolute atomic E-state index is 0.00345. The van der Waals surface area contributed by atoms with E-state index in [1.54, 1.807) is 26.6 Å². The van der Waals surface area contributed by atoms with Crippen LogP contribution >= 0.6 is 15.9 Å². The summed E-state index contributed by atoms with van der Waals surface area (Å²) in [7, 11) is 0.563. The van der Waals surface area contributed by atoms with E-state index < -0.39 is 21.7 Å². The first-order valence-corrected chi connectivity index (χ1v) is 27.7. The smallest absolute Gasteiger partial charge is 0.338 e. The van der Waals surface area contributed by atoms with Crippen molar-refractivity contribution in [2.24, 2.45) is 0 Å². The maximum absolute atomic E-state index is 13.5. The second-order valence-corrected chi connectivity index (χ2v) is 28.8. The number of fused-ring (bicyclic) bond motifs is 1. The monoisotopic (exact) mass is 873 g/mol. The standard InChI is InChI=1S/C39H60BrN7O7Si2/c1-49-17-19-53-38(48)39(54-20-18-50-2)13-11-29(12-14-39)34-33(40)37(46(27-51-21-23-55(3,4)5)28-52-22-24-56(6,7)8)47-36(45-34)31(26-44-47)30-9-10-32(43-25-30)35-41-15-16-42-35/h9-10,15-16,25-26,29H,11-14,17-24,27-28H2,1-8H3,(H,41,42). The first-order chi connectivity index (χ1) is 26.7. The molecule has 0 unspecified atom stereocenters. The Hall–Kier alpha value is -3.04. The predicted octanol–water partition coefficient (Wildman–Crippen LogP) is 7.62. The second kappa shape index (κ2) is 20.1. The van der Waals surface area contributed by atoms with Gasteiger partial charge in [-0.25, -0.2) is 14.8 Å². The van der Waals surface area contributed by atoms with Crippen LogP contribution < -0.4 is 4.90 Å². The summed E-state index contributed by atoms with van der Waals surface area (Å²) >= 11 is 4.03. The lowest BCUT2D eigenvalue weighted by atomic mass is 9.77. The van der Waals surface area contributed by atoms with Crippen LogP contribution in [0.5, 0.6) is 0 Å². The van der Waals surface area contributed by atoms with Crippen LogP contribution in [-0.2, 0) is 33.2 Å². The van der Waals surface area contributed by atoms with E-state index in [2.05, 4.69) is 70.1 Å². The summed E-state index contributed by atoms with van der Waals surface area (Å²) in [5.74, 6) is 1.13. The average Bonchev–Trinajstić information content (AvgIpc) is 3.85. The third kappa shape index (κ3) is 11.8. The molecular formula is C39H60BrN7O7Si2. The molecule has 0 bridgehead atoms. The molecule has 1 N–H and O–H groups in total. The molecule has 4 aromatic heterocycles. The SMILES string of the molecule is COCCOC(=O)C1(OCCOC)CCC(c2nc3c(-c4ccc(-c5ncc[nH]5)nc4)cnn3c(N(COCC[Si](C)(C)C)COCC[Si](C)(C)C)c2Br)CC1. The molecule has 0 atom stereocenters. The Morgan fingerprint density at radius 3 is 2.14 bits per heavy atom. The van der Waals surface area contributed by atoms with Gasteiger partial charge in [-0.1, -0.05) is 45.3 Å². The quantitative estimate of drug-likeness (QED) is 0.0359. The van der Waals surface area contributed by atoms with Crippen molar-refractivity contribution < 1.29 is 33.2 Å². The second-order valence-electron chi connectivity index (χ2n) is 16.8. The fraction of sp³-hybridized carbons (Fsp3) is 0.615. The highest BCUT2D eigenvalue weighted by molar-refractivity contribution is 9.10. The first-order valence-electron chi connectivity index (χ1n) is 19.5. The fourth-order valence-electron chi connectivity index (χ4n) is 6.52. The zero-order chi connectivity index (χ0) is 40.3. The van der Waals surface area contributed by atoms with E-state index in [4.69, 9.17) is 43.5 Å². The van der Waals surface area contributed by atoms with Crippen molar-refractivity contribution in [3.8, 4) is 22.6 Å². The van der Waals surface area contributed by atoms with Crippen LogP contribution in [0.2, 0.25) is 51.4 Å². The third-order valence-corrected chi connectivity index (χ3v) is 14.1. The normalized spacial score (nSPS) is 17.8. The van der Waals surface area contributed by atoms with Crippen molar-refractivity contribution >= 4 is 49.5 Å². The van der Waals surface area contributed by atoms with E-state index in [9.17, 15) is 4.79 Å². The Labute approximate surface area is 341 Å². The summed E-state index contributed by atoms with van der Waals surface area (Å²) in [5.41, 5.74) is 2.94. The Balaban J connectivity index is 1.54. The van der Waals surface area contributed by atoms with Gasteiger partial charge in [0, 0.05) is 79.2 Å². The molecule has 4 aromatic rings. The summed E-state index contributed by atoms with van der Waals surface area (Å²) < 4.78 is 37.8. The molecule has 17 heteroatoms. The average molecular weight is 875 g/mol. The van der Waals surface area contributed by atoms with Crippen molar-refractivity contribution in [1.29, 1.82) is 0 Å². The van der Waals surface area contributed by atoms with Crippen molar-refractivity contribution in [3.05, 3.63) is 47.1 Å². The van der Waals surface area contributed by atoms with Gasteiger partial charge in [-0.05, 0) is 59.8 Å². The number of pyridine rings is 1. The maximum Gasteiger partial charge on any atom is 0.338 e. The van der Waals surface area contributed by atoms with Crippen molar-refractivity contribution in [1.82, 2.24) is 29.5 Å². The van der Waals surface area contributed by atoms with Gasteiger partial charge in [0.05, 0.1) is 36.2 Å². The van der Waals surface area contributed by atoms with Gasteiger partial charge in [0.25, 0.3) is 0 Å². The number of carbonyl (C=O) groups excluding carboxylic acids is 1. The van der Waals surface area contributed by atoms with E-state index in [1.807, 2.05) is 29.0 Å². The number of esters is 1. The molecule has 1 aliphatic carbocycles. The number of anilines is 1. The lowest BCUT2D eigenvalue weighted by molar-refractivity contribution is -0.181. The van der Waals surface area contributed by atoms with Crippen LogP contribution in [0.25, 0.3) is 28.3 Å². The van der Waals surface area contributed by atoms with Gasteiger partial charge in [-0.3, -0.25) is 4.98 Å². The van der Waals surface area contributed by atoms with E-state index in [-0.39, 0.29) is 25.1 Å². The molecule has 1 aliphatic rings. The number of hydrogen-bond acceptors (Lipinski definition) is 12. The molecule has 308 valence electrons. The molecule has 14 nitrogen and oxygen atoms in total. The lowest BCUT2D eigenvalue weighted by Gasteiger charge is -2.38. The Bertz CT molecular complexity index is 1800. The van der Waals surface area contributed by atoms with Crippen LogP contribution in [0, 0.1) is 0 Å². The number of nitrogens with one attached hydrogen (secondary N) is 1. The Morgan fingerprint density at radius 2 is 1.57 bits per heavy atom. The zero-order valence-electron chi connectivity index (χ0n) is 34.4. The van der Waals surface area contributed by atoms with Crippen LogP contribution in [0.4, 0.5) is 5.82 Å². The lowest BCUT2D eigenvalue weighted by Crippen LogP contribution is -2.46. The van der Waals surface area contributed by atoms with E-state index >= 15 is 0 Å². The molecule has 1 saturated carbocycles. The molecule has 0 amide bonds. The molecule has 5 rings (SSSR count). The highest BCUT2D eigenvalue weighted by Gasteiger charge is 2.45. The molecule has 0 radical (unpaired) electrons. The van der Waals surface area contributed by atoms with Gasteiger partial charge >= 0.3 is 5.97 Å². The summed E-state index contributed by atoms with van der Waals surface area (Å²) in [6.07, 6.45) is 9.39. The predicted molar refractivity (Wildman–Crippen MR) is 227 cm³/mol. The number of aromatic amines is 1. The van der Waals surface area contributed by atoms with Gasteiger partial charge in [-0.2, -0.15) is 9.61 Å². The van der Waals surface area contributed by atoms with Crippen molar-refractivity contribution in [2.75, 3.05) is 72.2 Å². The molecule has 0 aliphatic heterocycles. The molecule has 1 fully saturated rings. The molecule has 0 spiro atoms. The zero-order valence-corrected chi connectivity index (χ0v) is 37.9. The summed E-state index contributed by atoms with van der Waals surface area (Å²) in [4.78, 5) is 33.2.